The molecule has 0 atom stereocenters. The van der Waals surface area contributed by atoms with Gasteiger partial charge in [-0.1, -0.05) is 58.4 Å². The number of para-hydroxylation sites is 2. The summed E-state index contributed by atoms with van der Waals surface area (Å²) in [5.74, 6) is 0.0930. The third kappa shape index (κ3) is 7.71. The molecule has 0 radical (unpaired) electrons. The lowest BCUT2D eigenvalue weighted by atomic mass is 10.2. The molecule has 0 aliphatic rings. The lowest BCUT2D eigenvalue weighted by Gasteiger charge is -2.09. The predicted molar refractivity (Wildman–Crippen MR) is 125 cm³/mol. The van der Waals surface area contributed by atoms with Crippen LogP contribution in [0.15, 0.2) is 88.4 Å². The Kier molecular flexibility index (Phi) is 8.37. The Bertz CT molecular complexity index is 1040. The minimum atomic E-state index is -0.340. The number of ether oxygens (including phenoxy) is 1. The largest absolute Gasteiger partial charge is 0.488 e. The van der Waals surface area contributed by atoms with E-state index < -0.39 is 0 Å². The molecule has 158 valence electrons. The van der Waals surface area contributed by atoms with Crippen molar-refractivity contribution in [2.75, 3.05) is 5.32 Å². The van der Waals surface area contributed by atoms with Crippen LogP contribution >= 0.6 is 15.9 Å². The van der Waals surface area contributed by atoms with Crippen LogP contribution in [0, 0.1) is 0 Å². The van der Waals surface area contributed by atoms with Crippen molar-refractivity contribution in [1.82, 2.24) is 5.43 Å². The summed E-state index contributed by atoms with van der Waals surface area (Å²) in [5, 5.41) is 6.73. The van der Waals surface area contributed by atoms with Crippen LogP contribution in [-0.2, 0) is 16.2 Å². The van der Waals surface area contributed by atoms with Gasteiger partial charge in [-0.25, -0.2) is 5.43 Å². The normalized spacial score (nSPS) is 10.6. The molecule has 0 aromatic heterocycles. The van der Waals surface area contributed by atoms with E-state index in [0.717, 1.165) is 15.6 Å². The quantitative estimate of drug-likeness (QED) is 0.338. The second-order valence-corrected chi connectivity index (χ2v) is 7.58. The van der Waals surface area contributed by atoms with Crippen molar-refractivity contribution in [3.8, 4) is 5.75 Å². The van der Waals surface area contributed by atoms with E-state index in [1.165, 1.54) is 6.21 Å². The van der Waals surface area contributed by atoms with Crippen LogP contribution in [0.1, 0.15) is 24.0 Å². The van der Waals surface area contributed by atoms with Crippen LogP contribution < -0.4 is 15.5 Å². The second-order valence-electron chi connectivity index (χ2n) is 6.66. The highest BCUT2D eigenvalue weighted by Gasteiger charge is 2.07. The van der Waals surface area contributed by atoms with Crippen LogP contribution in [-0.4, -0.2) is 18.0 Å². The summed E-state index contributed by atoms with van der Waals surface area (Å²) in [4.78, 5) is 23.9. The average molecular weight is 480 g/mol. The Morgan fingerprint density at radius 2 is 1.55 bits per heavy atom. The summed E-state index contributed by atoms with van der Waals surface area (Å²) in [6.07, 6.45) is 1.64. The van der Waals surface area contributed by atoms with Gasteiger partial charge in [0.1, 0.15) is 12.4 Å². The number of nitrogens with zero attached hydrogens (tertiary/aromatic N) is 1. The molecule has 0 heterocycles. The van der Waals surface area contributed by atoms with Gasteiger partial charge in [-0.15, -0.1) is 0 Å². The van der Waals surface area contributed by atoms with Crippen LogP contribution in [0.5, 0.6) is 5.75 Å². The number of hydrogen-bond acceptors (Lipinski definition) is 4. The van der Waals surface area contributed by atoms with Gasteiger partial charge in [0, 0.05) is 28.6 Å². The van der Waals surface area contributed by atoms with E-state index in [1.807, 2.05) is 66.7 Å². The van der Waals surface area contributed by atoms with Gasteiger partial charge in [-0.05, 0) is 42.0 Å². The molecule has 31 heavy (non-hydrogen) atoms. The number of halogens is 1. The number of benzene rings is 3. The Labute approximate surface area is 189 Å². The fourth-order valence-electron chi connectivity index (χ4n) is 2.66. The molecule has 0 saturated carbocycles. The van der Waals surface area contributed by atoms with E-state index in [2.05, 4.69) is 31.8 Å². The molecule has 0 saturated heterocycles. The van der Waals surface area contributed by atoms with E-state index in [1.54, 1.807) is 12.1 Å². The highest BCUT2D eigenvalue weighted by molar-refractivity contribution is 9.10. The fourth-order valence-corrected chi connectivity index (χ4v) is 2.93. The summed E-state index contributed by atoms with van der Waals surface area (Å²) < 4.78 is 6.90. The van der Waals surface area contributed by atoms with E-state index in [0.29, 0.717) is 18.0 Å². The molecule has 7 heteroatoms. The second kappa shape index (κ2) is 11.7. The zero-order valence-electron chi connectivity index (χ0n) is 16.8. The first-order valence-corrected chi connectivity index (χ1v) is 10.5. The number of nitrogens with one attached hydrogen (secondary N) is 2. The number of amides is 2. The molecule has 0 aliphatic heterocycles. The molecule has 0 bridgehead atoms. The van der Waals surface area contributed by atoms with Gasteiger partial charge in [0.2, 0.25) is 11.8 Å². The van der Waals surface area contributed by atoms with Crippen LogP contribution in [0.2, 0.25) is 0 Å². The molecule has 0 spiro atoms. The standard InChI is InChI=1S/C24H22BrN3O3/c25-20-12-10-18(11-13-20)17-31-22-9-5-4-6-19(22)16-26-28-24(30)15-14-23(29)27-21-7-2-1-3-8-21/h1-13,16H,14-15,17H2,(H,27,29)(H,28,30). The van der Waals surface area contributed by atoms with Gasteiger partial charge in [0.25, 0.3) is 0 Å². The van der Waals surface area contributed by atoms with Gasteiger partial charge in [0.05, 0.1) is 6.21 Å². The van der Waals surface area contributed by atoms with Crippen molar-refractivity contribution < 1.29 is 14.3 Å². The van der Waals surface area contributed by atoms with Crippen LogP contribution in [0.3, 0.4) is 0 Å². The number of hydrazone groups is 1. The summed E-state index contributed by atoms with van der Waals surface area (Å²) in [7, 11) is 0. The Balaban J connectivity index is 1.46. The maximum Gasteiger partial charge on any atom is 0.240 e. The molecule has 3 aromatic carbocycles. The van der Waals surface area contributed by atoms with Gasteiger partial charge >= 0.3 is 0 Å². The first-order valence-electron chi connectivity index (χ1n) is 9.73. The fraction of sp³-hybridized carbons (Fsp3) is 0.125. The molecule has 2 N–H and O–H groups in total. The third-order valence-corrected chi connectivity index (χ3v) is 4.78. The van der Waals surface area contributed by atoms with Crippen molar-refractivity contribution in [1.29, 1.82) is 0 Å². The monoisotopic (exact) mass is 479 g/mol. The highest BCUT2D eigenvalue weighted by atomic mass is 79.9. The first-order chi connectivity index (χ1) is 15.1. The smallest absolute Gasteiger partial charge is 0.240 e. The summed E-state index contributed by atoms with van der Waals surface area (Å²) in [6, 6.07) is 24.4. The average Bonchev–Trinajstić information content (AvgIpc) is 2.79. The van der Waals surface area contributed by atoms with Crippen molar-refractivity contribution in [2.24, 2.45) is 5.10 Å². The minimum absolute atomic E-state index is 0.0394. The predicted octanol–water partition coefficient (Wildman–Crippen LogP) is 4.90. The van der Waals surface area contributed by atoms with Crippen molar-refractivity contribution in [2.45, 2.75) is 19.4 Å². The first kappa shape index (κ1) is 22.2. The Morgan fingerprint density at radius 3 is 2.32 bits per heavy atom. The summed E-state index contributed by atoms with van der Waals surface area (Å²) in [6.45, 7) is 0.418. The zero-order valence-corrected chi connectivity index (χ0v) is 18.3. The topological polar surface area (TPSA) is 79.8 Å². The molecule has 3 rings (SSSR count). The van der Waals surface area contributed by atoms with E-state index in [-0.39, 0.29) is 24.7 Å². The number of carbonyl (C=O) groups is 2. The SMILES string of the molecule is O=C(CCC(=O)Nc1ccccc1)NN=Cc1ccccc1OCc1ccc(Br)cc1. The van der Waals surface area contributed by atoms with Crippen molar-refractivity contribution >= 4 is 39.6 Å². The van der Waals surface area contributed by atoms with Crippen molar-refractivity contribution in [3.05, 3.63) is 94.5 Å². The molecule has 0 aliphatic carbocycles. The molecule has 0 fully saturated rings. The number of rotatable bonds is 9. The molecule has 0 unspecified atom stereocenters. The molecule has 2 amide bonds. The van der Waals surface area contributed by atoms with Crippen molar-refractivity contribution in [3.63, 3.8) is 0 Å². The molecular formula is C24H22BrN3O3. The van der Waals surface area contributed by atoms with E-state index in [9.17, 15) is 9.59 Å². The van der Waals surface area contributed by atoms with E-state index in [4.69, 9.17) is 4.74 Å². The Morgan fingerprint density at radius 1 is 0.871 bits per heavy atom. The highest BCUT2D eigenvalue weighted by Crippen LogP contribution is 2.18. The molecule has 6 nitrogen and oxygen atoms in total. The molecule has 3 aromatic rings. The summed E-state index contributed by atoms with van der Waals surface area (Å²) in [5.41, 5.74) is 4.92. The third-order valence-electron chi connectivity index (χ3n) is 4.26. The number of anilines is 1. The number of carbonyl (C=O) groups excluding carboxylic acids is 2. The lowest BCUT2D eigenvalue weighted by Crippen LogP contribution is -2.20. The van der Waals surface area contributed by atoms with E-state index >= 15 is 0 Å². The number of hydrogen-bond donors (Lipinski definition) is 2. The van der Waals surface area contributed by atoms with Crippen LogP contribution in [0.4, 0.5) is 5.69 Å². The van der Waals surface area contributed by atoms with Gasteiger partial charge in [0.15, 0.2) is 0 Å². The van der Waals surface area contributed by atoms with Gasteiger partial charge in [-0.2, -0.15) is 5.10 Å². The maximum absolute atomic E-state index is 12.0. The molecular weight excluding hydrogens is 458 g/mol. The van der Waals surface area contributed by atoms with Gasteiger partial charge < -0.3 is 10.1 Å². The maximum atomic E-state index is 12.0. The lowest BCUT2D eigenvalue weighted by molar-refractivity contribution is -0.124. The minimum Gasteiger partial charge on any atom is -0.488 e. The zero-order chi connectivity index (χ0) is 21.9. The summed E-state index contributed by atoms with van der Waals surface area (Å²) >= 11 is 3.41. The Hall–Kier alpha value is -3.45. The van der Waals surface area contributed by atoms with Crippen LogP contribution in [0.25, 0.3) is 0 Å². The van der Waals surface area contributed by atoms with Gasteiger partial charge in [-0.3, -0.25) is 9.59 Å².